The van der Waals surface area contributed by atoms with Crippen molar-refractivity contribution in [1.29, 1.82) is 0 Å². The van der Waals surface area contributed by atoms with Gasteiger partial charge in [-0.3, -0.25) is 9.69 Å². The molecule has 0 saturated carbocycles. The molecule has 0 bridgehead atoms. The van der Waals surface area contributed by atoms with Gasteiger partial charge in [-0.25, -0.2) is 4.39 Å². The molecule has 3 aromatic rings. The van der Waals surface area contributed by atoms with Gasteiger partial charge in [-0.1, -0.05) is 18.2 Å². The van der Waals surface area contributed by atoms with E-state index in [1.54, 1.807) is 42.7 Å². The van der Waals surface area contributed by atoms with E-state index in [1.807, 2.05) is 12.1 Å². The van der Waals surface area contributed by atoms with Gasteiger partial charge in [0.15, 0.2) is 0 Å². The molecule has 2 aromatic carbocycles. The number of rotatable bonds is 8. The molecule has 1 unspecified atom stereocenters. The fourth-order valence-electron chi connectivity index (χ4n) is 3.71. The van der Waals surface area contributed by atoms with Crippen molar-refractivity contribution in [1.82, 2.24) is 10.2 Å². The monoisotopic (exact) mass is 408 g/mol. The van der Waals surface area contributed by atoms with Crippen molar-refractivity contribution >= 4 is 5.91 Å². The van der Waals surface area contributed by atoms with E-state index in [4.69, 9.17) is 9.15 Å². The van der Waals surface area contributed by atoms with Gasteiger partial charge in [0.25, 0.3) is 5.91 Å². The summed E-state index contributed by atoms with van der Waals surface area (Å²) in [5.74, 6) is 1.03. The largest absolute Gasteiger partial charge is 0.489 e. The molecule has 2 heterocycles. The number of hydrogen-bond donors (Lipinski definition) is 1. The Kier molecular flexibility index (Phi) is 6.44. The molecule has 1 saturated heterocycles. The minimum atomic E-state index is -0.279. The SMILES string of the molecule is O=C(NCC(c1ccco1)N1CCCC1)c1cccc(OCc2ccc(F)cc2)c1. The van der Waals surface area contributed by atoms with Crippen LogP contribution in [0.5, 0.6) is 5.75 Å². The number of nitrogens with zero attached hydrogens (tertiary/aromatic N) is 1. The zero-order chi connectivity index (χ0) is 20.8. The summed E-state index contributed by atoms with van der Waals surface area (Å²) in [4.78, 5) is 15.1. The molecule has 1 aliphatic heterocycles. The van der Waals surface area contributed by atoms with E-state index in [1.165, 1.54) is 25.0 Å². The zero-order valence-electron chi connectivity index (χ0n) is 16.7. The predicted octanol–water partition coefficient (Wildman–Crippen LogP) is 4.56. The lowest BCUT2D eigenvalue weighted by atomic mass is 10.1. The van der Waals surface area contributed by atoms with Crippen molar-refractivity contribution in [3.05, 3.63) is 89.6 Å². The molecule has 1 amide bonds. The molecule has 0 radical (unpaired) electrons. The van der Waals surface area contributed by atoms with E-state index >= 15 is 0 Å². The van der Waals surface area contributed by atoms with E-state index in [0.29, 0.717) is 24.5 Å². The number of furan rings is 1. The zero-order valence-corrected chi connectivity index (χ0v) is 16.7. The van der Waals surface area contributed by atoms with Crippen molar-refractivity contribution in [2.45, 2.75) is 25.5 Å². The molecule has 0 spiro atoms. The maximum Gasteiger partial charge on any atom is 0.251 e. The Morgan fingerprint density at radius 1 is 1.10 bits per heavy atom. The normalized spacial score (nSPS) is 15.1. The predicted molar refractivity (Wildman–Crippen MR) is 112 cm³/mol. The van der Waals surface area contributed by atoms with Crippen LogP contribution in [-0.2, 0) is 6.61 Å². The van der Waals surface area contributed by atoms with Gasteiger partial charge >= 0.3 is 0 Å². The Morgan fingerprint density at radius 3 is 2.63 bits per heavy atom. The lowest BCUT2D eigenvalue weighted by Crippen LogP contribution is -2.36. The number of carbonyl (C=O) groups excluding carboxylic acids is 1. The maximum absolute atomic E-state index is 13.0. The average molecular weight is 408 g/mol. The Bertz CT molecular complexity index is 951. The van der Waals surface area contributed by atoms with E-state index in [-0.39, 0.29) is 17.8 Å². The van der Waals surface area contributed by atoms with Crippen LogP contribution in [0.25, 0.3) is 0 Å². The van der Waals surface area contributed by atoms with E-state index in [0.717, 1.165) is 24.4 Å². The van der Waals surface area contributed by atoms with Gasteiger partial charge in [-0.2, -0.15) is 0 Å². The topological polar surface area (TPSA) is 54.7 Å². The van der Waals surface area contributed by atoms with Crippen LogP contribution in [0.4, 0.5) is 4.39 Å². The molecule has 156 valence electrons. The number of nitrogens with one attached hydrogen (secondary N) is 1. The van der Waals surface area contributed by atoms with Crippen LogP contribution in [-0.4, -0.2) is 30.4 Å². The van der Waals surface area contributed by atoms with Crippen molar-refractivity contribution in [2.75, 3.05) is 19.6 Å². The number of carbonyl (C=O) groups is 1. The fraction of sp³-hybridized carbons (Fsp3) is 0.292. The van der Waals surface area contributed by atoms with E-state index in [2.05, 4.69) is 10.2 Å². The van der Waals surface area contributed by atoms with Crippen LogP contribution in [0.2, 0.25) is 0 Å². The molecule has 0 aliphatic carbocycles. The molecule has 5 nitrogen and oxygen atoms in total. The molecule has 6 heteroatoms. The van der Waals surface area contributed by atoms with Gasteiger partial charge in [0.05, 0.1) is 12.3 Å². The third kappa shape index (κ3) is 5.07. The molecular weight excluding hydrogens is 383 g/mol. The Balaban J connectivity index is 1.36. The lowest BCUT2D eigenvalue weighted by molar-refractivity contribution is 0.0933. The van der Waals surface area contributed by atoms with Crippen molar-refractivity contribution < 1.29 is 18.3 Å². The minimum Gasteiger partial charge on any atom is -0.489 e. The smallest absolute Gasteiger partial charge is 0.251 e. The van der Waals surface area contributed by atoms with Crippen molar-refractivity contribution in [3.63, 3.8) is 0 Å². The molecule has 1 aliphatic rings. The number of amides is 1. The summed E-state index contributed by atoms with van der Waals surface area (Å²) in [7, 11) is 0. The van der Waals surface area contributed by atoms with Gasteiger partial charge in [-0.05, 0) is 74.0 Å². The van der Waals surface area contributed by atoms with Crippen LogP contribution in [0.3, 0.4) is 0 Å². The highest BCUT2D eigenvalue weighted by Crippen LogP contribution is 2.25. The third-order valence-electron chi connectivity index (χ3n) is 5.32. The number of benzene rings is 2. The summed E-state index contributed by atoms with van der Waals surface area (Å²) in [6, 6.07) is 17.1. The Morgan fingerprint density at radius 2 is 1.90 bits per heavy atom. The number of halogens is 1. The molecule has 30 heavy (non-hydrogen) atoms. The standard InChI is InChI=1S/C24H25FN2O3/c25-20-10-8-18(9-11-20)17-30-21-6-3-5-19(15-21)24(28)26-16-22(23-7-4-14-29-23)27-12-1-2-13-27/h3-11,14-15,22H,1-2,12-13,16-17H2,(H,26,28). The van der Waals surface area contributed by atoms with Crippen LogP contribution < -0.4 is 10.1 Å². The molecule has 4 rings (SSSR count). The number of hydrogen-bond acceptors (Lipinski definition) is 4. The first-order valence-corrected chi connectivity index (χ1v) is 10.2. The van der Waals surface area contributed by atoms with E-state index in [9.17, 15) is 9.18 Å². The maximum atomic E-state index is 13.0. The number of likely N-dealkylation sites (tertiary alicyclic amines) is 1. The van der Waals surface area contributed by atoms with Gasteiger partial charge in [0.1, 0.15) is 23.9 Å². The summed E-state index contributed by atoms with van der Waals surface area (Å²) in [5, 5.41) is 3.03. The van der Waals surface area contributed by atoms with Gasteiger partial charge in [0.2, 0.25) is 0 Å². The van der Waals surface area contributed by atoms with Crippen molar-refractivity contribution in [2.24, 2.45) is 0 Å². The summed E-state index contributed by atoms with van der Waals surface area (Å²) < 4.78 is 24.4. The van der Waals surface area contributed by atoms with E-state index < -0.39 is 0 Å². The second-order valence-corrected chi connectivity index (χ2v) is 7.43. The van der Waals surface area contributed by atoms with Gasteiger partial charge in [-0.15, -0.1) is 0 Å². The summed E-state index contributed by atoms with van der Waals surface area (Å²) in [6.45, 7) is 2.80. The highest BCUT2D eigenvalue weighted by molar-refractivity contribution is 5.94. The Labute approximate surface area is 175 Å². The molecule has 1 fully saturated rings. The average Bonchev–Trinajstić information content (AvgIpc) is 3.49. The highest BCUT2D eigenvalue weighted by atomic mass is 19.1. The summed E-state index contributed by atoms with van der Waals surface area (Å²) in [6.07, 6.45) is 4.00. The molecule has 1 N–H and O–H groups in total. The fourth-order valence-corrected chi connectivity index (χ4v) is 3.71. The van der Waals surface area contributed by atoms with Crippen molar-refractivity contribution in [3.8, 4) is 5.75 Å². The second-order valence-electron chi connectivity index (χ2n) is 7.43. The molecule has 1 aromatic heterocycles. The second kappa shape index (κ2) is 9.59. The van der Waals surface area contributed by atoms with Gasteiger partial charge < -0.3 is 14.5 Å². The molecule has 1 atom stereocenters. The first kappa shape index (κ1) is 20.2. The first-order chi connectivity index (χ1) is 14.7. The third-order valence-corrected chi connectivity index (χ3v) is 5.32. The quantitative estimate of drug-likeness (QED) is 0.594. The van der Waals surface area contributed by atoms with Crippen LogP contribution in [0.1, 0.15) is 40.6 Å². The summed E-state index contributed by atoms with van der Waals surface area (Å²) >= 11 is 0. The number of ether oxygens (including phenoxy) is 1. The molecular formula is C24H25FN2O3. The van der Waals surface area contributed by atoms with Crippen LogP contribution in [0.15, 0.2) is 71.3 Å². The van der Waals surface area contributed by atoms with Crippen LogP contribution in [0, 0.1) is 5.82 Å². The van der Waals surface area contributed by atoms with Gasteiger partial charge in [0, 0.05) is 12.1 Å². The summed E-state index contributed by atoms with van der Waals surface area (Å²) in [5.41, 5.74) is 1.39. The minimum absolute atomic E-state index is 0.0318. The lowest BCUT2D eigenvalue weighted by Gasteiger charge is -2.26. The highest BCUT2D eigenvalue weighted by Gasteiger charge is 2.26. The Hall–Kier alpha value is -3.12. The van der Waals surface area contributed by atoms with Crippen LogP contribution >= 0.6 is 0 Å². The first-order valence-electron chi connectivity index (χ1n) is 10.2.